The van der Waals surface area contributed by atoms with Gasteiger partial charge in [0.25, 0.3) is 0 Å². The average Bonchev–Trinajstić information content (AvgIpc) is 2.50. The third-order valence-electron chi connectivity index (χ3n) is 3.34. The number of aliphatic hydroxyl groups excluding tert-OH is 1. The monoisotopic (exact) mass is 292 g/mol. The highest BCUT2D eigenvalue weighted by Gasteiger charge is 2.14. The molecule has 0 fully saturated rings. The van der Waals surface area contributed by atoms with E-state index in [1.807, 2.05) is 11.8 Å². The molecule has 112 valence electrons. The van der Waals surface area contributed by atoms with Gasteiger partial charge in [-0.15, -0.1) is 0 Å². The minimum atomic E-state index is -0.800. The lowest BCUT2D eigenvalue weighted by molar-refractivity contribution is 0.164. The molecule has 2 aromatic rings. The Labute approximate surface area is 122 Å². The number of hydrogen-bond donors (Lipinski definition) is 1. The van der Waals surface area contributed by atoms with Gasteiger partial charge in [-0.25, -0.2) is 8.78 Å². The SMILES string of the molecule is CCN(CCC(O)c1ccc(F)cn1)c1ccccc1F. The van der Waals surface area contributed by atoms with E-state index in [1.54, 1.807) is 18.2 Å². The van der Waals surface area contributed by atoms with Gasteiger partial charge >= 0.3 is 0 Å². The van der Waals surface area contributed by atoms with Crippen molar-refractivity contribution in [1.82, 2.24) is 4.98 Å². The highest BCUT2D eigenvalue weighted by molar-refractivity contribution is 5.47. The summed E-state index contributed by atoms with van der Waals surface area (Å²) < 4.78 is 26.6. The van der Waals surface area contributed by atoms with E-state index in [-0.39, 0.29) is 5.82 Å². The molecule has 21 heavy (non-hydrogen) atoms. The molecule has 0 saturated carbocycles. The van der Waals surface area contributed by atoms with Crippen LogP contribution in [0.2, 0.25) is 0 Å². The van der Waals surface area contributed by atoms with Crippen molar-refractivity contribution in [3.8, 4) is 0 Å². The number of hydrogen-bond acceptors (Lipinski definition) is 3. The first-order chi connectivity index (χ1) is 10.1. The van der Waals surface area contributed by atoms with Crippen LogP contribution in [0.1, 0.15) is 25.1 Å². The molecule has 0 saturated heterocycles. The molecule has 1 N–H and O–H groups in total. The van der Waals surface area contributed by atoms with Crippen LogP contribution in [0.25, 0.3) is 0 Å². The van der Waals surface area contributed by atoms with E-state index in [1.165, 1.54) is 18.2 Å². The third kappa shape index (κ3) is 3.98. The molecule has 0 aliphatic rings. The molecule has 0 amide bonds. The molecule has 1 aromatic heterocycles. The van der Waals surface area contributed by atoms with Gasteiger partial charge in [0.05, 0.1) is 23.7 Å². The number of nitrogens with zero attached hydrogens (tertiary/aromatic N) is 2. The zero-order chi connectivity index (χ0) is 15.2. The Hall–Kier alpha value is -2.01. The molecule has 0 radical (unpaired) electrons. The first-order valence-electron chi connectivity index (χ1n) is 6.90. The Morgan fingerprint density at radius 3 is 2.57 bits per heavy atom. The molecule has 2 rings (SSSR count). The summed E-state index contributed by atoms with van der Waals surface area (Å²) in [4.78, 5) is 5.70. The van der Waals surface area contributed by atoms with Gasteiger partial charge in [0.2, 0.25) is 0 Å². The second-order valence-corrected chi connectivity index (χ2v) is 4.74. The van der Waals surface area contributed by atoms with Gasteiger partial charge in [0, 0.05) is 13.1 Å². The van der Waals surface area contributed by atoms with Crippen molar-refractivity contribution in [2.45, 2.75) is 19.4 Å². The first kappa shape index (κ1) is 15.4. The number of anilines is 1. The van der Waals surface area contributed by atoms with E-state index in [2.05, 4.69) is 4.98 Å². The average molecular weight is 292 g/mol. The Morgan fingerprint density at radius 1 is 1.19 bits per heavy atom. The van der Waals surface area contributed by atoms with Gasteiger partial charge in [-0.1, -0.05) is 12.1 Å². The second-order valence-electron chi connectivity index (χ2n) is 4.74. The van der Waals surface area contributed by atoms with Crippen LogP contribution in [0.5, 0.6) is 0 Å². The van der Waals surface area contributed by atoms with Crippen LogP contribution >= 0.6 is 0 Å². The van der Waals surface area contributed by atoms with Crippen LogP contribution in [-0.4, -0.2) is 23.2 Å². The van der Waals surface area contributed by atoms with Crippen molar-refractivity contribution in [3.63, 3.8) is 0 Å². The van der Waals surface area contributed by atoms with Gasteiger partial charge in [0.15, 0.2) is 0 Å². The Bertz CT molecular complexity index is 575. The van der Waals surface area contributed by atoms with Crippen LogP contribution in [-0.2, 0) is 0 Å². The number of aliphatic hydroxyl groups is 1. The van der Waals surface area contributed by atoms with E-state index < -0.39 is 11.9 Å². The minimum absolute atomic E-state index is 0.284. The number of benzene rings is 1. The zero-order valence-corrected chi connectivity index (χ0v) is 11.8. The molecule has 0 bridgehead atoms. The molecule has 1 unspecified atom stereocenters. The van der Waals surface area contributed by atoms with Crippen molar-refractivity contribution < 1.29 is 13.9 Å². The van der Waals surface area contributed by atoms with Crippen LogP contribution < -0.4 is 4.90 Å². The van der Waals surface area contributed by atoms with Gasteiger partial charge in [-0.3, -0.25) is 4.98 Å². The van der Waals surface area contributed by atoms with Crippen molar-refractivity contribution in [2.24, 2.45) is 0 Å². The molecule has 0 aliphatic heterocycles. The predicted octanol–water partition coefficient (Wildman–Crippen LogP) is 3.31. The number of rotatable bonds is 6. The van der Waals surface area contributed by atoms with Crippen LogP contribution in [0.15, 0.2) is 42.6 Å². The van der Waals surface area contributed by atoms with Crippen molar-refractivity contribution in [2.75, 3.05) is 18.0 Å². The third-order valence-corrected chi connectivity index (χ3v) is 3.34. The quantitative estimate of drug-likeness (QED) is 0.887. The van der Waals surface area contributed by atoms with E-state index in [0.29, 0.717) is 30.9 Å². The molecule has 0 spiro atoms. The van der Waals surface area contributed by atoms with E-state index in [4.69, 9.17) is 0 Å². The molecule has 3 nitrogen and oxygen atoms in total. The fraction of sp³-hybridized carbons (Fsp3) is 0.312. The number of aromatic nitrogens is 1. The van der Waals surface area contributed by atoms with Gasteiger partial charge < -0.3 is 10.0 Å². The summed E-state index contributed by atoms with van der Waals surface area (Å²) in [5.41, 5.74) is 0.931. The Balaban J connectivity index is 2.00. The smallest absolute Gasteiger partial charge is 0.146 e. The largest absolute Gasteiger partial charge is 0.387 e. The lowest BCUT2D eigenvalue weighted by atomic mass is 10.1. The standard InChI is InChI=1S/C16H18F2N2O/c1-2-20(15-6-4-3-5-13(15)18)10-9-16(21)14-8-7-12(17)11-19-14/h3-8,11,16,21H,2,9-10H2,1H3. The van der Waals surface area contributed by atoms with Crippen LogP contribution in [0, 0.1) is 11.6 Å². The molecule has 0 aliphatic carbocycles. The summed E-state index contributed by atoms with van der Waals surface area (Å²) in [7, 11) is 0. The van der Waals surface area contributed by atoms with Gasteiger partial charge in [-0.2, -0.15) is 0 Å². The predicted molar refractivity (Wildman–Crippen MR) is 78.1 cm³/mol. The van der Waals surface area contributed by atoms with Crippen molar-refractivity contribution in [1.29, 1.82) is 0 Å². The maximum atomic E-state index is 13.8. The molecular weight excluding hydrogens is 274 g/mol. The maximum Gasteiger partial charge on any atom is 0.146 e. The van der Waals surface area contributed by atoms with Gasteiger partial charge in [0.1, 0.15) is 11.6 Å². The van der Waals surface area contributed by atoms with E-state index >= 15 is 0 Å². The van der Waals surface area contributed by atoms with Crippen molar-refractivity contribution >= 4 is 5.69 Å². The lowest BCUT2D eigenvalue weighted by Gasteiger charge is -2.24. The summed E-state index contributed by atoms with van der Waals surface area (Å²) in [6.45, 7) is 3.04. The summed E-state index contributed by atoms with van der Waals surface area (Å²) in [6.07, 6.45) is 0.666. The molecule has 1 heterocycles. The molecule has 5 heteroatoms. The van der Waals surface area contributed by atoms with Crippen LogP contribution in [0.4, 0.5) is 14.5 Å². The summed E-state index contributed by atoms with van der Waals surface area (Å²) >= 11 is 0. The zero-order valence-electron chi connectivity index (χ0n) is 11.8. The van der Waals surface area contributed by atoms with E-state index in [0.717, 1.165) is 6.20 Å². The lowest BCUT2D eigenvalue weighted by Crippen LogP contribution is -2.26. The Kier molecular flexibility index (Phi) is 5.22. The number of halogens is 2. The highest BCUT2D eigenvalue weighted by atomic mass is 19.1. The Morgan fingerprint density at radius 2 is 1.95 bits per heavy atom. The number of para-hydroxylation sites is 1. The summed E-state index contributed by atoms with van der Waals surface area (Å²) in [6, 6.07) is 9.26. The van der Waals surface area contributed by atoms with Crippen LogP contribution in [0.3, 0.4) is 0 Å². The second kappa shape index (κ2) is 7.13. The first-order valence-corrected chi connectivity index (χ1v) is 6.90. The fourth-order valence-corrected chi connectivity index (χ4v) is 2.17. The number of pyridine rings is 1. The maximum absolute atomic E-state index is 13.8. The minimum Gasteiger partial charge on any atom is -0.387 e. The summed E-state index contributed by atoms with van der Waals surface area (Å²) in [5, 5.41) is 10.1. The summed E-state index contributed by atoms with van der Waals surface area (Å²) in [5.74, 6) is -0.721. The normalized spacial score (nSPS) is 12.2. The topological polar surface area (TPSA) is 36.4 Å². The molecule has 1 atom stereocenters. The molecular formula is C16H18F2N2O. The fourth-order valence-electron chi connectivity index (χ4n) is 2.17. The van der Waals surface area contributed by atoms with Gasteiger partial charge in [-0.05, 0) is 37.6 Å². The molecule has 1 aromatic carbocycles. The van der Waals surface area contributed by atoms with E-state index in [9.17, 15) is 13.9 Å². The highest BCUT2D eigenvalue weighted by Crippen LogP contribution is 2.21. The van der Waals surface area contributed by atoms with Crippen molar-refractivity contribution in [3.05, 3.63) is 59.9 Å².